The van der Waals surface area contributed by atoms with Crippen molar-refractivity contribution in [3.05, 3.63) is 12.0 Å². The van der Waals surface area contributed by atoms with Crippen LogP contribution in [0.1, 0.15) is 19.7 Å². The van der Waals surface area contributed by atoms with Crippen LogP contribution in [0.2, 0.25) is 0 Å². The van der Waals surface area contributed by atoms with Gasteiger partial charge in [0, 0.05) is 13.2 Å². The van der Waals surface area contributed by atoms with E-state index < -0.39 is 16.1 Å². The molecule has 0 saturated carbocycles. The number of sulfonamides is 1. The van der Waals surface area contributed by atoms with E-state index in [9.17, 15) is 8.42 Å². The van der Waals surface area contributed by atoms with Crippen molar-refractivity contribution in [1.82, 2.24) is 14.3 Å². The molecule has 0 aliphatic carbocycles. The summed E-state index contributed by atoms with van der Waals surface area (Å²) in [5.41, 5.74) is 5.39. The molecule has 0 saturated heterocycles. The third-order valence-electron chi connectivity index (χ3n) is 2.65. The van der Waals surface area contributed by atoms with Gasteiger partial charge in [-0.15, -0.1) is 0 Å². The van der Waals surface area contributed by atoms with Crippen molar-refractivity contribution >= 4 is 15.9 Å². The third-order valence-corrected chi connectivity index (χ3v) is 3.96. The molecule has 1 aromatic heterocycles. The predicted molar refractivity (Wildman–Crippen MR) is 68.8 cm³/mol. The minimum Gasteiger partial charge on any atom is -0.386 e. The number of nitrogens with one attached hydrogen (secondary N) is 2. The maximum absolute atomic E-state index is 12.1. The predicted octanol–water partition coefficient (Wildman–Crippen LogP) is -0.0326. The van der Waals surface area contributed by atoms with Crippen molar-refractivity contribution in [1.29, 1.82) is 5.41 Å². The lowest BCUT2D eigenvalue weighted by Gasteiger charge is -2.19. The first kappa shape index (κ1) is 14.7. The van der Waals surface area contributed by atoms with Gasteiger partial charge in [-0.3, -0.25) is 5.41 Å². The fourth-order valence-corrected chi connectivity index (χ4v) is 2.85. The highest BCUT2D eigenvalue weighted by Gasteiger charge is 2.26. The zero-order chi connectivity index (χ0) is 14.1. The Bertz CT molecular complexity index is 527. The van der Waals surface area contributed by atoms with Crippen LogP contribution in [0, 0.1) is 18.3 Å². The number of nitrogens with two attached hydrogens (primary N) is 1. The van der Waals surface area contributed by atoms with Gasteiger partial charge in [0.1, 0.15) is 11.7 Å². The monoisotopic (exact) mass is 273 g/mol. The van der Waals surface area contributed by atoms with Gasteiger partial charge < -0.3 is 10.3 Å². The summed E-state index contributed by atoms with van der Waals surface area (Å²) in [5, 5.41) is 7.34. The van der Waals surface area contributed by atoms with E-state index in [4.69, 9.17) is 11.1 Å². The number of rotatable bonds is 5. The lowest BCUT2D eigenvalue weighted by atomic mass is 10.1. The van der Waals surface area contributed by atoms with Crippen LogP contribution in [-0.2, 0) is 17.1 Å². The van der Waals surface area contributed by atoms with Gasteiger partial charge in [-0.25, -0.2) is 13.4 Å². The fourth-order valence-electron chi connectivity index (χ4n) is 1.44. The molecule has 1 rings (SSSR count). The molecule has 0 aliphatic heterocycles. The Morgan fingerprint density at radius 1 is 1.56 bits per heavy atom. The van der Waals surface area contributed by atoms with E-state index in [2.05, 4.69) is 9.71 Å². The van der Waals surface area contributed by atoms with Crippen LogP contribution in [-0.4, -0.2) is 29.8 Å². The van der Waals surface area contributed by atoms with E-state index in [1.54, 1.807) is 32.4 Å². The molecule has 1 heterocycles. The molecule has 0 radical (unpaired) electrons. The molecule has 4 N–H and O–H groups in total. The second-order valence-corrected chi connectivity index (χ2v) is 6.20. The largest absolute Gasteiger partial charge is 0.386 e. The van der Waals surface area contributed by atoms with E-state index >= 15 is 0 Å². The minimum atomic E-state index is -3.75. The summed E-state index contributed by atoms with van der Waals surface area (Å²) in [5.74, 6) is 0.280. The number of amidine groups is 1. The lowest BCUT2D eigenvalue weighted by Crippen LogP contribution is -2.47. The van der Waals surface area contributed by atoms with Gasteiger partial charge >= 0.3 is 0 Å². The quantitative estimate of drug-likeness (QED) is 0.516. The van der Waals surface area contributed by atoms with Crippen LogP contribution in [0.15, 0.2) is 11.2 Å². The van der Waals surface area contributed by atoms with E-state index in [1.807, 2.05) is 0 Å². The molecule has 8 heteroatoms. The van der Waals surface area contributed by atoms with Crippen LogP contribution >= 0.6 is 0 Å². The minimum absolute atomic E-state index is 0.0607. The van der Waals surface area contributed by atoms with E-state index in [-0.39, 0.29) is 16.8 Å². The molecule has 0 aromatic carbocycles. The van der Waals surface area contributed by atoms with Crippen LogP contribution < -0.4 is 10.5 Å². The third kappa shape index (κ3) is 3.08. The zero-order valence-electron chi connectivity index (χ0n) is 10.9. The first-order valence-corrected chi connectivity index (χ1v) is 6.99. The van der Waals surface area contributed by atoms with Gasteiger partial charge in [0.05, 0.1) is 6.04 Å². The first-order valence-electron chi connectivity index (χ1n) is 5.51. The second-order valence-electron chi connectivity index (χ2n) is 4.54. The highest BCUT2D eigenvalue weighted by Crippen LogP contribution is 2.11. The Labute approximate surface area is 107 Å². The Morgan fingerprint density at radius 3 is 2.44 bits per heavy atom. The van der Waals surface area contributed by atoms with Crippen molar-refractivity contribution in [2.24, 2.45) is 18.7 Å². The molecule has 18 heavy (non-hydrogen) atoms. The van der Waals surface area contributed by atoms with Crippen molar-refractivity contribution in [3.63, 3.8) is 0 Å². The molecule has 1 unspecified atom stereocenters. The molecular weight excluding hydrogens is 254 g/mol. The Hall–Kier alpha value is -1.41. The molecule has 1 aromatic rings. The van der Waals surface area contributed by atoms with Crippen molar-refractivity contribution in [2.75, 3.05) is 0 Å². The Balaban J connectivity index is 3.04. The molecule has 0 amide bonds. The summed E-state index contributed by atoms with van der Waals surface area (Å²) in [7, 11) is -2.04. The maximum atomic E-state index is 12.1. The van der Waals surface area contributed by atoms with E-state index in [1.165, 1.54) is 6.20 Å². The molecular formula is C10H19N5O2S. The number of hydrogen-bond donors (Lipinski definition) is 3. The van der Waals surface area contributed by atoms with Crippen LogP contribution in [0.25, 0.3) is 0 Å². The molecule has 0 spiro atoms. The molecule has 0 fully saturated rings. The fraction of sp³-hybridized carbons (Fsp3) is 0.600. The Morgan fingerprint density at radius 2 is 2.11 bits per heavy atom. The standard InChI is InChI=1S/C10H19N5O2S/c1-6(2)9(10(11)12)14-18(16,17)8-5-15(4)7(3)13-8/h5-6,9,14H,1-4H3,(H3,11,12). The molecule has 7 nitrogen and oxygen atoms in total. The van der Waals surface area contributed by atoms with Crippen LogP contribution in [0.5, 0.6) is 0 Å². The van der Waals surface area contributed by atoms with Gasteiger partial charge in [-0.05, 0) is 12.8 Å². The summed E-state index contributed by atoms with van der Waals surface area (Å²) >= 11 is 0. The molecule has 102 valence electrons. The summed E-state index contributed by atoms with van der Waals surface area (Å²) in [6.07, 6.45) is 1.43. The summed E-state index contributed by atoms with van der Waals surface area (Å²) in [6.45, 7) is 5.29. The lowest BCUT2D eigenvalue weighted by molar-refractivity contribution is 0.520. The van der Waals surface area contributed by atoms with Crippen molar-refractivity contribution < 1.29 is 8.42 Å². The van der Waals surface area contributed by atoms with Crippen molar-refractivity contribution in [3.8, 4) is 0 Å². The summed E-state index contributed by atoms with van der Waals surface area (Å²) in [6, 6.07) is -0.725. The summed E-state index contributed by atoms with van der Waals surface area (Å²) in [4.78, 5) is 3.95. The van der Waals surface area contributed by atoms with E-state index in [0.29, 0.717) is 5.82 Å². The first-order chi connectivity index (χ1) is 8.15. The van der Waals surface area contributed by atoms with Crippen LogP contribution in [0.3, 0.4) is 0 Å². The van der Waals surface area contributed by atoms with Gasteiger partial charge in [0.15, 0.2) is 5.03 Å². The van der Waals surface area contributed by atoms with Gasteiger partial charge in [0.25, 0.3) is 10.0 Å². The highest BCUT2D eigenvalue weighted by atomic mass is 32.2. The number of hydrogen-bond acceptors (Lipinski definition) is 4. The zero-order valence-corrected chi connectivity index (χ0v) is 11.7. The average molecular weight is 273 g/mol. The van der Waals surface area contributed by atoms with Gasteiger partial charge in [0.2, 0.25) is 0 Å². The Kier molecular flexibility index (Phi) is 4.12. The number of nitrogens with zero attached hydrogens (tertiary/aromatic N) is 2. The number of aryl methyl sites for hydroxylation is 2. The maximum Gasteiger partial charge on any atom is 0.260 e. The smallest absolute Gasteiger partial charge is 0.260 e. The van der Waals surface area contributed by atoms with Crippen LogP contribution in [0.4, 0.5) is 0 Å². The average Bonchev–Trinajstić information content (AvgIpc) is 2.56. The molecule has 0 aliphatic rings. The second kappa shape index (κ2) is 5.07. The van der Waals surface area contributed by atoms with Gasteiger partial charge in [-0.1, -0.05) is 13.8 Å². The number of aromatic nitrogens is 2. The SMILES string of the molecule is Cc1nc(S(=O)(=O)NC(C(=N)N)C(C)C)cn1C. The van der Waals surface area contributed by atoms with Crippen molar-refractivity contribution in [2.45, 2.75) is 31.8 Å². The topological polar surface area (TPSA) is 114 Å². The number of imidazole rings is 1. The molecule has 0 bridgehead atoms. The molecule has 1 atom stereocenters. The highest BCUT2D eigenvalue weighted by molar-refractivity contribution is 7.89. The van der Waals surface area contributed by atoms with Gasteiger partial charge in [-0.2, -0.15) is 4.72 Å². The summed E-state index contributed by atoms with van der Waals surface area (Å²) < 4.78 is 28.2. The van der Waals surface area contributed by atoms with E-state index in [0.717, 1.165) is 0 Å². The normalized spacial score (nSPS) is 13.8.